The van der Waals surface area contributed by atoms with E-state index < -0.39 is 5.41 Å². The molecule has 8 heteroatoms. The van der Waals surface area contributed by atoms with Gasteiger partial charge in [0.2, 0.25) is 17.7 Å². The Balaban J connectivity index is 1.77. The van der Waals surface area contributed by atoms with Gasteiger partial charge in [0.1, 0.15) is 17.1 Å². The van der Waals surface area contributed by atoms with Gasteiger partial charge in [-0.05, 0) is 30.2 Å². The van der Waals surface area contributed by atoms with Crippen LogP contribution in [-0.4, -0.2) is 16.1 Å². The van der Waals surface area contributed by atoms with Crippen molar-refractivity contribution >= 4 is 23.2 Å². The lowest BCUT2D eigenvalue weighted by atomic mass is 9.68. The van der Waals surface area contributed by atoms with Crippen LogP contribution in [0.15, 0.2) is 60.0 Å². The van der Waals surface area contributed by atoms with E-state index in [2.05, 4.69) is 16.3 Å². The number of carbonyl (C=O) groups is 1. The molecule has 2 aliphatic rings. The van der Waals surface area contributed by atoms with Crippen LogP contribution in [-0.2, 0) is 23.2 Å². The van der Waals surface area contributed by atoms with E-state index >= 15 is 0 Å². The number of aryl methyl sites for hydroxylation is 1. The number of benzene rings is 2. The summed E-state index contributed by atoms with van der Waals surface area (Å²) in [7, 11) is 0. The molecule has 160 valence electrons. The maximum absolute atomic E-state index is 14.3. The number of nitrogens with one attached hydrogen (secondary N) is 1. The lowest BCUT2D eigenvalue weighted by Gasteiger charge is -2.32. The number of fused-ring (bicyclic) bond motifs is 4. The molecule has 5 rings (SSSR count). The number of nitriles is 1. The fourth-order valence-corrected chi connectivity index (χ4v) is 4.85. The molecule has 0 fully saturated rings. The van der Waals surface area contributed by atoms with Crippen LogP contribution < -0.4 is 15.4 Å². The van der Waals surface area contributed by atoms with Crippen LogP contribution in [0, 0.1) is 11.3 Å². The SMILES string of the molecule is CCCc1[nH]nc2c1C1(C(=O)N(Cc3ccc(Cl)cc3)c3ccccc31)C(C#N)=C(N)O2. The van der Waals surface area contributed by atoms with Crippen LogP contribution in [0.2, 0.25) is 5.02 Å². The number of H-pyrrole nitrogens is 1. The van der Waals surface area contributed by atoms with E-state index in [1.165, 1.54) is 0 Å². The highest BCUT2D eigenvalue weighted by Gasteiger charge is 2.60. The van der Waals surface area contributed by atoms with Gasteiger partial charge in [-0.1, -0.05) is 55.3 Å². The molecule has 1 aromatic heterocycles. The largest absolute Gasteiger partial charge is 0.420 e. The number of hydrogen-bond donors (Lipinski definition) is 2. The Labute approximate surface area is 190 Å². The van der Waals surface area contributed by atoms with Crippen LogP contribution in [0.5, 0.6) is 5.88 Å². The highest BCUT2D eigenvalue weighted by Crippen LogP contribution is 2.56. The fourth-order valence-electron chi connectivity index (χ4n) is 4.72. The molecule has 3 aromatic rings. The number of halogens is 1. The molecular formula is C24H20ClN5O2. The van der Waals surface area contributed by atoms with Gasteiger partial charge in [0.15, 0.2) is 0 Å². The van der Waals surface area contributed by atoms with E-state index in [9.17, 15) is 10.1 Å². The van der Waals surface area contributed by atoms with Crippen molar-refractivity contribution in [2.75, 3.05) is 4.90 Å². The van der Waals surface area contributed by atoms with Crippen molar-refractivity contribution < 1.29 is 9.53 Å². The minimum atomic E-state index is -1.41. The highest BCUT2D eigenvalue weighted by molar-refractivity contribution is 6.30. The standard InChI is InChI=1S/C24H20ClN5O2/c1-2-5-18-20-22(29-28-18)32-21(27)17(12-26)24(20)16-6-3-4-7-19(16)30(23(24)31)13-14-8-10-15(25)11-9-14/h3-4,6-11H,2,5,13,27H2,1H3,(H,28,29). The first-order chi connectivity index (χ1) is 15.5. The molecule has 0 bridgehead atoms. The summed E-state index contributed by atoms with van der Waals surface area (Å²) in [4.78, 5) is 16.0. The van der Waals surface area contributed by atoms with Crippen LogP contribution in [0.4, 0.5) is 5.69 Å². The average molecular weight is 446 g/mol. The summed E-state index contributed by atoms with van der Waals surface area (Å²) in [5.74, 6) is -0.121. The monoisotopic (exact) mass is 445 g/mol. The van der Waals surface area contributed by atoms with Gasteiger partial charge in [-0.15, -0.1) is 5.10 Å². The van der Waals surface area contributed by atoms with Gasteiger partial charge in [-0.3, -0.25) is 9.89 Å². The van der Waals surface area contributed by atoms with E-state index in [4.69, 9.17) is 22.1 Å². The van der Waals surface area contributed by atoms with Crippen molar-refractivity contribution in [2.24, 2.45) is 5.73 Å². The zero-order chi connectivity index (χ0) is 22.5. The molecule has 0 saturated carbocycles. The number of nitrogens with zero attached hydrogens (tertiary/aromatic N) is 3. The third-order valence-corrected chi connectivity index (χ3v) is 6.29. The van der Waals surface area contributed by atoms with Gasteiger partial charge < -0.3 is 15.4 Å². The molecule has 0 saturated heterocycles. The third kappa shape index (κ3) is 2.66. The Morgan fingerprint density at radius 3 is 2.72 bits per heavy atom. The smallest absolute Gasteiger partial charge is 0.248 e. The zero-order valence-corrected chi connectivity index (χ0v) is 18.1. The molecule has 3 heterocycles. The summed E-state index contributed by atoms with van der Waals surface area (Å²) in [5.41, 5.74) is 8.52. The molecule has 1 spiro atoms. The molecule has 1 unspecified atom stereocenters. The summed E-state index contributed by atoms with van der Waals surface area (Å²) in [6.45, 7) is 2.36. The maximum Gasteiger partial charge on any atom is 0.248 e. The molecule has 2 aromatic carbocycles. The molecule has 1 atom stereocenters. The van der Waals surface area contributed by atoms with Crippen molar-refractivity contribution in [1.29, 1.82) is 5.26 Å². The Bertz CT molecular complexity index is 1300. The summed E-state index contributed by atoms with van der Waals surface area (Å²) in [6.07, 6.45) is 1.48. The van der Waals surface area contributed by atoms with Crippen molar-refractivity contribution in [2.45, 2.75) is 31.7 Å². The number of anilines is 1. The Hall–Kier alpha value is -3.76. The van der Waals surface area contributed by atoms with Crippen LogP contribution in [0.25, 0.3) is 0 Å². The molecule has 3 N–H and O–H groups in total. The van der Waals surface area contributed by atoms with Crippen LogP contribution in [0.3, 0.4) is 0 Å². The number of ether oxygens (including phenoxy) is 1. The number of nitrogens with two attached hydrogens (primary N) is 1. The number of hydrogen-bond acceptors (Lipinski definition) is 5. The van der Waals surface area contributed by atoms with Gasteiger partial charge in [-0.2, -0.15) is 5.26 Å². The topological polar surface area (TPSA) is 108 Å². The van der Waals surface area contributed by atoms with Gasteiger partial charge in [0, 0.05) is 22.0 Å². The minimum absolute atomic E-state index is 0.0832. The molecule has 32 heavy (non-hydrogen) atoms. The van der Waals surface area contributed by atoms with E-state index in [0.717, 1.165) is 23.4 Å². The number of aromatic amines is 1. The molecule has 2 aliphatic heterocycles. The number of para-hydroxylation sites is 1. The number of rotatable bonds is 4. The summed E-state index contributed by atoms with van der Waals surface area (Å²) >= 11 is 6.04. The summed E-state index contributed by atoms with van der Waals surface area (Å²) in [5, 5.41) is 18.0. The quantitative estimate of drug-likeness (QED) is 0.632. The zero-order valence-electron chi connectivity index (χ0n) is 17.4. The summed E-state index contributed by atoms with van der Waals surface area (Å²) < 4.78 is 5.69. The van der Waals surface area contributed by atoms with Gasteiger partial charge >= 0.3 is 0 Å². The molecule has 0 aliphatic carbocycles. The van der Waals surface area contributed by atoms with Gasteiger partial charge in [0.25, 0.3) is 0 Å². The normalized spacial score (nSPS) is 19.0. The van der Waals surface area contributed by atoms with Crippen molar-refractivity contribution in [1.82, 2.24) is 10.2 Å². The predicted octanol–water partition coefficient (Wildman–Crippen LogP) is 3.93. The van der Waals surface area contributed by atoms with Crippen molar-refractivity contribution in [3.63, 3.8) is 0 Å². The molecular weight excluding hydrogens is 426 g/mol. The Morgan fingerprint density at radius 1 is 1.25 bits per heavy atom. The fraction of sp³-hybridized carbons (Fsp3) is 0.208. The lowest BCUT2D eigenvalue weighted by molar-refractivity contribution is -0.121. The van der Waals surface area contributed by atoms with Gasteiger partial charge in [0.05, 0.1) is 12.1 Å². The minimum Gasteiger partial charge on any atom is -0.420 e. The first-order valence-corrected chi connectivity index (χ1v) is 10.7. The summed E-state index contributed by atoms with van der Waals surface area (Å²) in [6, 6.07) is 17.0. The second-order valence-corrected chi connectivity index (χ2v) is 8.31. The lowest BCUT2D eigenvalue weighted by Crippen LogP contribution is -2.46. The van der Waals surface area contributed by atoms with E-state index in [-0.39, 0.29) is 23.2 Å². The molecule has 7 nitrogen and oxygen atoms in total. The van der Waals surface area contributed by atoms with E-state index in [0.29, 0.717) is 29.1 Å². The Kier molecular flexibility index (Phi) is 4.68. The highest BCUT2D eigenvalue weighted by atomic mass is 35.5. The molecule has 1 amide bonds. The molecule has 0 radical (unpaired) electrons. The maximum atomic E-state index is 14.3. The van der Waals surface area contributed by atoms with Crippen LogP contribution >= 0.6 is 11.6 Å². The number of amides is 1. The number of aromatic nitrogens is 2. The van der Waals surface area contributed by atoms with Crippen molar-refractivity contribution in [3.05, 3.63) is 87.4 Å². The second-order valence-electron chi connectivity index (χ2n) is 7.87. The second kappa shape index (κ2) is 7.43. The average Bonchev–Trinajstić information content (AvgIpc) is 3.29. The Morgan fingerprint density at radius 2 is 2.00 bits per heavy atom. The number of carbonyl (C=O) groups excluding carboxylic acids is 1. The van der Waals surface area contributed by atoms with E-state index in [1.807, 2.05) is 43.3 Å². The van der Waals surface area contributed by atoms with Crippen molar-refractivity contribution in [3.8, 4) is 11.9 Å². The van der Waals surface area contributed by atoms with E-state index in [1.54, 1.807) is 17.0 Å². The van der Waals surface area contributed by atoms with Crippen LogP contribution in [0.1, 0.15) is 35.7 Å². The first-order valence-electron chi connectivity index (χ1n) is 10.3. The predicted molar refractivity (Wildman–Crippen MR) is 120 cm³/mol. The third-order valence-electron chi connectivity index (χ3n) is 6.04. The van der Waals surface area contributed by atoms with Gasteiger partial charge in [-0.25, -0.2) is 0 Å². The first kappa shape index (κ1) is 20.2.